The van der Waals surface area contributed by atoms with E-state index in [4.69, 9.17) is 9.97 Å². The molecule has 10 aromatic rings. The van der Waals surface area contributed by atoms with Crippen molar-refractivity contribution in [2.24, 2.45) is 0 Å². The maximum atomic E-state index is 5.19. The first-order valence-corrected chi connectivity index (χ1v) is 20.1. The van der Waals surface area contributed by atoms with Gasteiger partial charge in [-0.05, 0) is 90.7 Å². The van der Waals surface area contributed by atoms with Gasteiger partial charge < -0.3 is 0 Å². The predicted octanol–water partition coefficient (Wildman–Crippen LogP) is 14.6. The van der Waals surface area contributed by atoms with Gasteiger partial charge in [-0.3, -0.25) is 0 Å². The van der Waals surface area contributed by atoms with Gasteiger partial charge in [-0.1, -0.05) is 172 Å². The molecule has 56 heavy (non-hydrogen) atoms. The molecule has 0 saturated heterocycles. The summed E-state index contributed by atoms with van der Waals surface area (Å²) in [6.07, 6.45) is 0. The van der Waals surface area contributed by atoms with E-state index in [0.717, 1.165) is 38.4 Å². The molecule has 0 amide bonds. The molecular weight excluding hydrogens is 697 g/mol. The fourth-order valence-corrected chi connectivity index (χ4v) is 9.98. The highest BCUT2D eigenvalue weighted by atomic mass is 32.1. The van der Waals surface area contributed by atoms with Gasteiger partial charge in [-0.15, -0.1) is 11.3 Å². The van der Waals surface area contributed by atoms with Crippen molar-refractivity contribution in [3.05, 3.63) is 193 Å². The fraction of sp³-hybridized carbons (Fsp3) is 0.0566. The molecule has 0 radical (unpaired) electrons. The van der Waals surface area contributed by atoms with Crippen molar-refractivity contribution in [3.8, 4) is 67.2 Å². The summed E-state index contributed by atoms with van der Waals surface area (Å²) in [6.45, 7) is 4.77. The van der Waals surface area contributed by atoms with Crippen molar-refractivity contribution in [1.82, 2.24) is 9.97 Å². The zero-order valence-corrected chi connectivity index (χ0v) is 31.9. The molecule has 264 valence electrons. The normalized spacial score (nSPS) is 13.0. The zero-order valence-electron chi connectivity index (χ0n) is 31.1. The Morgan fingerprint density at radius 3 is 1.82 bits per heavy atom. The van der Waals surface area contributed by atoms with Gasteiger partial charge in [0.2, 0.25) is 0 Å². The second kappa shape index (κ2) is 12.7. The van der Waals surface area contributed by atoms with Crippen LogP contribution < -0.4 is 0 Å². The Bertz CT molecular complexity index is 3140. The molecular formula is C53H36N2S. The van der Waals surface area contributed by atoms with E-state index in [0.29, 0.717) is 0 Å². The number of rotatable bonds is 5. The lowest BCUT2D eigenvalue weighted by atomic mass is 9.80. The number of aromatic nitrogens is 2. The van der Waals surface area contributed by atoms with Gasteiger partial charge in [0.1, 0.15) is 0 Å². The van der Waals surface area contributed by atoms with Crippen LogP contribution in [0.2, 0.25) is 0 Å². The zero-order chi connectivity index (χ0) is 37.4. The molecule has 1 aliphatic carbocycles. The van der Waals surface area contributed by atoms with Crippen molar-refractivity contribution in [3.63, 3.8) is 0 Å². The summed E-state index contributed by atoms with van der Waals surface area (Å²) in [4.78, 5) is 10.4. The Balaban J connectivity index is 0.969. The molecule has 0 atom stereocenters. The first kappa shape index (κ1) is 32.7. The number of thiophene rings is 1. The monoisotopic (exact) mass is 732 g/mol. The summed E-state index contributed by atoms with van der Waals surface area (Å²) >= 11 is 1.76. The number of hydrogen-bond donors (Lipinski definition) is 0. The van der Waals surface area contributed by atoms with Crippen LogP contribution in [0.3, 0.4) is 0 Å². The third kappa shape index (κ3) is 5.16. The minimum atomic E-state index is -0.150. The SMILES string of the molecule is CC1(C)c2cc(-c3cccc(-c4ccc(-c5nc(-c6ccccc6)c6sc7ccccc7c6n5)cc4)c3)ccc2-c2c1cc1ccccc1c2-c1ccccc1. The Morgan fingerprint density at radius 2 is 1.04 bits per heavy atom. The molecule has 8 aromatic carbocycles. The molecule has 0 saturated carbocycles. The lowest BCUT2D eigenvalue weighted by molar-refractivity contribution is 0.661. The van der Waals surface area contributed by atoms with Crippen molar-refractivity contribution in [2.45, 2.75) is 19.3 Å². The van der Waals surface area contributed by atoms with Crippen LogP contribution in [-0.4, -0.2) is 9.97 Å². The van der Waals surface area contributed by atoms with Crippen LogP contribution in [0, 0.1) is 0 Å². The van der Waals surface area contributed by atoms with Gasteiger partial charge >= 0.3 is 0 Å². The fourth-order valence-electron chi connectivity index (χ4n) is 8.83. The topological polar surface area (TPSA) is 25.8 Å². The van der Waals surface area contributed by atoms with E-state index in [9.17, 15) is 0 Å². The molecule has 0 bridgehead atoms. The van der Waals surface area contributed by atoms with E-state index in [2.05, 4.69) is 196 Å². The first-order valence-electron chi connectivity index (χ1n) is 19.2. The van der Waals surface area contributed by atoms with E-state index < -0.39 is 0 Å². The van der Waals surface area contributed by atoms with Crippen molar-refractivity contribution in [1.29, 1.82) is 0 Å². The Hall–Kier alpha value is -6.68. The number of hydrogen-bond acceptors (Lipinski definition) is 3. The average Bonchev–Trinajstić information content (AvgIpc) is 3.74. The molecule has 2 heterocycles. The maximum Gasteiger partial charge on any atom is 0.160 e. The highest BCUT2D eigenvalue weighted by molar-refractivity contribution is 7.26. The molecule has 2 aromatic heterocycles. The third-order valence-electron chi connectivity index (χ3n) is 11.7. The lowest BCUT2D eigenvalue weighted by Crippen LogP contribution is -2.15. The maximum absolute atomic E-state index is 5.19. The van der Waals surface area contributed by atoms with Crippen LogP contribution in [0.1, 0.15) is 25.0 Å². The van der Waals surface area contributed by atoms with Crippen LogP contribution in [-0.2, 0) is 5.41 Å². The number of benzene rings is 8. The molecule has 0 unspecified atom stereocenters. The number of fused-ring (bicyclic) bond motifs is 7. The summed E-state index contributed by atoms with van der Waals surface area (Å²) in [5, 5.41) is 3.76. The van der Waals surface area contributed by atoms with E-state index in [-0.39, 0.29) is 5.41 Å². The first-order chi connectivity index (χ1) is 27.5. The highest BCUT2D eigenvalue weighted by Gasteiger charge is 2.38. The lowest BCUT2D eigenvalue weighted by Gasteiger charge is -2.23. The molecule has 0 aliphatic heterocycles. The Kier molecular flexibility index (Phi) is 7.42. The Labute approximate surface area is 330 Å². The summed E-state index contributed by atoms with van der Waals surface area (Å²) < 4.78 is 2.35. The minimum Gasteiger partial charge on any atom is -0.226 e. The standard InChI is InChI=1S/C53H36N2S/c1-53(2)44-31-39(28-29-42(44)48-45(53)32-40-18-9-10-21-41(40)47(48)34-14-5-3-6-15-34)38-20-13-19-37(30-38)33-24-26-36(27-25-33)52-54-49(35-16-7-4-8-17-35)51-50(55-52)43-22-11-12-23-46(43)56-51/h3-32H,1-2H3. The average molecular weight is 733 g/mol. The van der Waals surface area contributed by atoms with Crippen LogP contribution in [0.5, 0.6) is 0 Å². The molecule has 2 nitrogen and oxygen atoms in total. The quantitative estimate of drug-likeness (QED) is 0.176. The molecule has 0 N–H and O–H groups in total. The molecule has 11 rings (SSSR count). The predicted molar refractivity (Wildman–Crippen MR) is 237 cm³/mol. The van der Waals surface area contributed by atoms with Crippen LogP contribution >= 0.6 is 11.3 Å². The minimum absolute atomic E-state index is 0.150. The highest BCUT2D eigenvalue weighted by Crippen LogP contribution is 2.55. The summed E-state index contributed by atoms with van der Waals surface area (Å²) in [7, 11) is 0. The third-order valence-corrected chi connectivity index (χ3v) is 12.9. The summed E-state index contributed by atoms with van der Waals surface area (Å²) in [6, 6.07) is 65.9. The van der Waals surface area contributed by atoms with Crippen LogP contribution in [0.4, 0.5) is 0 Å². The molecule has 0 spiro atoms. The van der Waals surface area contributed by atoms with E-state index >= 15 is 0 Å². The van der Waals surface area contributed by atoms with Crippen molar-refractivity contribution >= 4 is 42.4 Å². The number of nitrogens with zero attached hydrogens (tertiary/aromatic N) is 2. The van der Waals surface area contributed by atoms with Gasteiger partial charge in [0.05, 0.1) is 15.9 Å². The second-order valence-corrected chi connectivity index (χ2v) is 16.4. The summed E-state index contributed by atoms with van der Waals surface area (Å²) in [5.41, 5.74) is 16.8. The van der Waals surface area contributed by atoms with E-state index in [1.54, 1.807) is 11.3 Å². The van der Waals surface area contributed by atoms with E-state index in [1.165, 1.54) is 70.9 Å². The van der Waals surface area contributed by atoms with Gasteiger partial charge in [-0.2, -0.15) is 0 Å². The van der Waals surface area contributed by atoms with Gasteiger partial charge in [-0.25, -0.2) is 9.97 Å². The second-order valence-electron chi connectivity index (χ2n) is 15.3. The van der Waals surface area contributed by atoms with Crippen molar-refractivity contribution < 1.29 is 0 Å². The van der Waals surface area contributed by atoms with Crippen LogP contribution in [0.15, 0.2) is 182 Å². The van der Waals surface area contributed by atoms with Gasteiger partial charge in [0.25, 0.3) is 0 Å². The van der Waals surface area contributed by atoms with Gasteiger partial charge in [0.15, 0.2) is 5.82 Å². The van der Waals surface area contributed by atoms with Crippen molar-refractivity contribution in [2.75, 3.05) is 0 Å². The van der Waals surface area contributed by atoms with Gasteiger partial charge in [0, 0.05) is 26.6 Å². The molecule has 1 aliphatic rings. The smallest absolute Gasteiger partial charge is 0.160 e. The van der Waals surface area contributed by atoms with E-state index in [1.807, 2.05) is 0 Å². The Morgan fingerprint density at radius 1 is 0.429 bits per heavy atom. The summed E-state index contributed by atoms with van der Waals surface area (Å²) in [5.74, 6) is 0.741. The molecule has 0 fully saturated rings. The van der Waals surface area contributed by atoms with Crippen LogP contribution in [0.25, 0.3) is 98.2 Å². The molecule has 3 heteroatoms. The largest absolute Gasteiger partial charge is 0.226 e.